The average Bonchev–Trinajstić information content (AvgIpc) is 2.28. The van der Waals surface area contributed by atoms with Gasteiger partial charge in [0.15, 0.2) is 10.9 Å². The molecule has 0 aliphatic carbocycles. The molecule has 80 valence electrons. The van der Waals surface area contributed by atoms with Crippen LogP contribution in [0.25, 0.3) is 0 Å². The van der Waals surface area contributed by atoms with Gasteiger partial charge in [0.2, 0.25) is 0 Å². The van der Waals surface area contributed by atoms with Crippen LogP contribution >= 0.6 is 11.8 Å². The Labute approximate surface area is 91.3 Å². The van der Waals surface area contributed by atoms with Gasteiger partial charge in [-0.2, -0.15) is 0 Å². The number of methoxy groups -OCH3 is 1. The van der Waals surface area contributed by atoms with Gasteiger partial charge in [-0.3, -0.25) is 9.59 Å². The van der Waals surface area contributed by atoms with Gasteiger partial charge in [-0.25, -0.2) is 9.97 Å². The van der Waals surface area contributed by atoms with Crippen molar-refractivity contribution in [3.8, 4) is 0 Å². The van der Waals surface area contributed by atoms with E-state index in [0.29, 0.717) is 5.16 Å². The standard InChI is InChI=1S/C9H10N2O3S/c1-14-8(13)5-7(12)6-3-4-10-9(11-6)15-2/h3-4H,5H2,1-2H3. The highest BCUT2D eigenvalue weighted by Crippen LogP contribution is 2.09. The highest BCUT2D eigenvalue weighted by atomic mass is 32.2. The zero-order valence-corrected chi connectivity index (χ0v) is 9.21. The summed E-state index contributed by atoms with van der Waals surface area (Å²) in [5.41, 5.74) is 0.236. The summed E-state index contributed by atoms with van der Waals surface area (Å²) in [7, 11) is 1.24. The number of hydrogen-bond donors (Lipinski definition) is 0. The smallest absolute Gasteiger partial charge is 0.313 e. The molecule has 6 heteroatoms. The van der Waals surface area contributed by atoms with Crippen molar-refractivity contribution in [1.82, 2.24) is 9.97 Å². The monoisotopic (exact) mass is 226 g/mol. The van der Waals surface area contributed by atoms with Crippen molar-refractivity contribution in [2.24, 2.45) is 0 Å². The summed E-state index contributed by atoms with van der Waals surface area (Å²) >= 11 is 1.33. The Bertz CT molecular complexity index is 381. The fourth-order valence-electron chi connectivity index (χ4n) is 0.888. The second-order valence-electron chi connectivity index (χ2n) is 2.60. The lowest BCUT2D eigenvalue weighted by Gasteiger charge is -2.00. The molecule has 0 N–H and O–H groups in total. The molecule has 1 aromatic rings. The average molecular weight is 226 g/mol. The van der Waals surface area contributed by atoms with E-state index in [1.54, 1.807) is 0 Å². The molecule has 0 radical (unpaired) electrons. The second kappa shape index (κ2) is 5.45. The van der Waals surface area contributed by atoms with E-state index in [2.05, 4.69) is 14.7 Å². The van der Waals surface area contributed by atoms with Gasteiger partial charge in [-0.15, -0.1) is 0 Å². The summed E-state index contributed by atoms with van der Waals surface area (Å²) < 4.78 is 4.39. The molecule has 1 rings (SSSR count). The summed E-state index contributed by atoms with van der Waals surface area (Å²) in [6, 6.07) is 1.48. The van der Waals surface area contributed by atoms with E-state index in [-0.39, 0.29) is 17.9 Å². The summed E-state index contributed by atoms with van der Waals surface area (Å²) in [6.07, 6.45) is 3.01. The number of nitrogens with zero attached hydrogens (tertiary/aromatic N) is 2. The zero-order valence-electron chi connectivity index (χ0n) is 8.39. The maximum absolute atomic E-state index is 11.5. The van der Waals surface area contributed by atoms with Crippen LogP contribution in [0.4, 0.5) is 0 Å². The Balaban J connectivity index is 2.77. The van der Waals surface area contributed by atoms with Crippen molar-refractivity contribution in [3.05, 3.63) is 18.0 Å². The predicted molar refractivity (Wildman–Crippen MR) is 54.8 cm³/mol. The van der Waals surface area contributed by atoms with E-state index in [9.17, 15) is 9.59 Å². The van der Waals surface area contributed by atoms with Crippen LogP contribution in [0.2, 0.25) is 0 Å². The molecular weight excluding hydrogens is 216 g/mol. The number of ether oxygens (including phenoxy) is 1. The quantitative estimate of drug-likeness (QED) is 0.250. The Morgan fingerprint density at radius 1 is 1.53 bits per heavy atom. The number of thioether (sulfide) groups is 1. The summed E-state index contributed by atoms with van der Waals surface area (Å²) in [5.74, 6) is -0.927. The second-order valence-corrected chi connectivity index (χ2v) is 3.38. The molecule has 0 fully saturated rings. The van der Waals surface area contributed by atoms with Crippen LogP contribution in [-0.4, -0.2) is 35.1 Å². The van der Waals surface area contributed by atoms with E-state index >= 15 is 0 Å². The topological polar surface area (TPSA) is 69.2 Å². The number of carbonyl (C=O) groups excluding carboxylic acids is 2. The molecule has 0 spiro atoms. The first-order chi connectivity index (χ1) is 7.17. The van der Waals surface area contributed by atoms with Crippen LogP contribution < -0.4 is 0 Å². The first-order valence-electron chi connectivity index (χ1n) is 4.14. The highest BCUT2D eigenvalue weighted by molar-refractivity contribution is 7.98. The molecule has 0 aromatic carbocycles. The Hall–Kier alpha value is -1.43. The van der Waals surface area contributed by atoms with E-state index in [4.69, 9.17) is 0 Å². The van der Waals surface area contributed by atoms with Crippen LogP contribution in [0.3, 0.4) is 0 Å². The third-order valence-corrected chi connectivity index (χ3v) is 2.20. The highest BCUT2D eigenvalue weighted by Gasteiger charge is 2.13. The lowest BCUT2D eigenvalue weighted by Crippen LogP contribution is -2.11. The van der Waals surface area contributed by atoms with Crippen molar-refractivity contribution >= 4 is 23.5 Å². The minimum atomic E-state index is -0.565. The molecule has 15 heavy (non-hydrogen) atoms. The minimum absolute atomic E-state index is 0.236. The van der Waals surface area contributed by atoms with Gasteiger partial charge in [0.05, 0.1) is 7.11 Å². The third-order valence-electron chi connectivity index (χ3n) is 1.63. The lowest BCUT2D eigenvalue weighted by atomic mass is 10.2. The van der Waals surface area contributed by atoms with Gasteiger partial charge < -0.3 is 4.74 Å². The van der Waals surface area contributed by atoms with Crippen LogP contribution in [0.15, 0.2) is 17.4 Å². The number of hydrogen-bond acceptors (Lipinski definition) is 6. The van der Waals surface area contributed by atoms with Crippen molar-refractivity contribution in [3.63, 3.8) is 0 Å². The fraction of sp³-hybridized carbons (Fsp3) is 0.333. The molecule has 0 saturated heterocycles. The number of carbonyl (C=O) groups is 2. The van der Waals surface area contributed by atoms with Crippen LogP contribution in [0, 0.1) is 0 Å². The molecule has 1 aromatic heterocycles. The summed E-state index contributed by atoms with van der Waals surface area (Å²) in [4.78, 5) is 30.2. The normalized spacial score (nSPS) is 9.73. The van der Waals surface area contributed by atoms with Crippen LogP contribution in [0.5, 0.6) is 0 Å². The predicted octanol–water partition coefficient (Wildman–Crippen LogP) is 0.944. The van der Waals surface area contributed by atoms with E-state index in [1.165, 1.54) is 31.1 Å². The van der Waals surface area contributed by atoms with Gasteiger partial charge >= 0.3 is 5.97 Å². The number of Topliss-reactive ketones (excluding diaryl/α,β-unsaturated/α-hetero) is 1. The van der Waals surface area contributed by atoms with Gasteiger partial charge in [-0.05, 0) is 12.3 Å². The van der Waals surface area contributed by atoms with Gasteiger partial charge in [0, 0.05) is 6.20 Å². The number of esters is 1. The Morgan fingerprint density at radius 3 is 2.87 bits per heavy atom. The maximum Gasteiger partial charge on any atom is 0.313 e. The molecule has 0 saturated carbocycles. The Kier molecular flexibility index (Phi) is 4.23. The first-order valence-corrected chi connectivity index (χ1v) is 5.37. The van der Waals surface area contributed by atoms with Gasteiger partial charge in [-0.1, -0.05) is 11.8 Å². The first kappa shape index (κ1) is 11.6. The number of aromatic nitrogens is 2. The SMILES string of the molecule is COC(=O)CC(=O)c1ccnc(SC)n1. The van der Waals surface area contributed by atoms with E-state index < -0.39 is 5.97 Å². The molecule has 0 aliphatic heterocycles. The molecule has 0 aliphatic rings. The van der Waals surface area contributed by atoms with E-state index in [1.807, 2.05) is 6.26 Å². The van der Waals surface area contributed by atoms with E-state index in [0.717, 1.165) is 0 Å². The summed E-state index contributed by atoms with van der Waals surface area (Å²) in [5, 5.41) is 0.505. The largest absolute Gasteiger partial charge is 0.469 e. The molecule has 0 unspecified atom stereocenters. The molecule has 0 amide bonds. The van der Waals surface area contributed by atoms with Crippen molar-refractivity contribution in [2.75, 3.05) is 13.4 Å². The molecular formula is C9H10N2O3S. The van der Waals surface area contributed by atoms with Crippen molar-refractivity contribution in [2.45, 2.75) is 11.6 Å². The Morgan fingerprint density at radius 2 is 2.27 bits per heavy atom. The maximum atomic E-state index is 11.5. The minimum Gasteiger partial charge on any atom is -0.469 e. The van der Waals surface area contributed by atoms with Crippen LogP contribution in [-0.2, 0) is 9.53 Å². The third kappa shape index (κ3) is 3.32. The van der Waals surface area contributed by atoms with Crippen molar-refractivity contribution < 1.29 is 14.3 Å². The van der Waals surface area contributed by atoms with Crippen molar-refractivity contribution in [1.29, 1.82) is 0 Å². The van der Waals surface area contributed by atoms with Gasteiger partial charge in [0.25, 0.3) is 0 Å². The number of ketones is 1. The summed E-state index contributed by atoms with van der Waals surface area (Å²) in [6.45, 7) is 0. The molecule has 5 nitrogen and oxygen atoms in total. The fourth-order valence-corrected chi connectivity index (χ4v) is 1.24. The van der Waals surface area contributed by atoms with Crippen LogP contribution in [0.1, 0.15) is 16.9 Å². The molecule has 0 bridgehead atoms. The molecule has 0 atom stereocenters. The zero-order chi connectivity index (χ0) is 11.3. The molecule has 1 heterocycles. The number of rotatable bonds is 4. The van der Waals surface area contributed by atoms with Gasteiger partial charge in [0.1, 0.15) is 12.1 Å². The lowest BCUT2D eigenvalue weighted by molar-refractivity contribution is -0.139.